The molecular formula is C7H7NOS. The first-order chi connectivity index (χ1) is 4.79. The van der Waals surface area contributed by atoms with Gasteiger partial charge >= 0.3 is 0 Å². The van der Waals surface area contributed by atoms with E-state index in [0.717, 1.165) is 11.4 Å². The van der Waals surface area contributed by atoms with Gasteiger partial charge in [-0.25, -0.2) is 0 Å². The van der Waals surface area contributed by atoms with Gasteiger partial charge in [0, 0.05) is 13.6 Å². The molecule has 0 N–H and O–H groups in total. The molecule has 0 saturated carbocycles. The smallest absolute Gasteiger partial charge is 0.264 e. The third kappa shape index (κ3) is 0.609. The Balaban J connectivity index is 2.53. The predicted octanol–water partition coefficient (Wildman–Crippen LogP) is 1.33. The van der Waals surface area contributed by atoms with Gasteiger partial charge in [0.2, 0.25) is 0 Å². The lowest BCUT2D eigenvalue weighted by molar-refractivity contribution is 0.0820. The van der Waals surface area contributed by atoms with Crippen LogP contribution in [0.25, 0.3) is 0 Å². The van der Waals surface area contributed by atoms with Crippen LogP contribution < -0.4 is 0 Å². The van der Waals surface area contributed by atoms with E-state index in [0.29, 0.717) is 0 Å². The van der Waals surface area contributed by atoms with Crippen molar-refractivity contribution in [3.8, 4) is 0 Å². The van der Waals surface area contributed by atoms with Crippen LogP contribution in [-0.4, -0.2) is 17.9 Å². The summed E-state index contributed by atoms with van der Waals surface area (Å²) in [5.74, 6) is 0.171. The zero-order valence-corrected chi connectivity index (χ0v) is 6.44. The fraction of sp³-hybridized carbons (Fsp3) is 0.286. The standard InChI is InChI=1S/C7H7NOS/c1-8-4-5-2-3-10-6(5)7(8)9/h2-3H,4H2,1H3. The Kier molecular flexibility index (Phi) is 1.08. The summed E-state index contributed by atoms with van der Waals surface area (Å²) < 4.78 is 0. The topological polar surface area (TPSA) is 20.3 Å². The molecule has 1 aromatic rings. The fourth-order valence-corrected chi connectivity index (χ4v) is 2.06. The van der Waals surface area contributed by atoms with E-state index < -0.39 is 0 Å². The zero-order valence-electron chi connectivity index (χ0n) is 5.63. The Morgan fingerprint density at radius 2 is 2.50 bits per heavy atom. The van der Waals surface area contributed by atoms with E-state index in [2.05, 4.69) is 0 Å². The van der Waals surface area contributed by atoms with E-state index in [4.69, 9.17) is 0 Å². The summed E-state index contributed by atoms with van der Waals surface area (Å²) in [5.41, 5.74) is 1.18. The van der Waals surface area contributed by atoms with Crippen molar-refractivity contribution in [2.75, 3.05) is 7.05 Å². The minimum absolute atomic E-state index is 0.171. The quantitative estimate of drug-likeness (QED) is 0.550. The van der Waals surface area contributed by atoms with Gasteiger partial charge in [0.25, 0.3) is 5.91 Å². The highest BCUT2D eigenvalue weighted by molar-refractivity contribution is 7.12. The van der Waals surface area contributed by atoms with Crippen LogP contribution in [0.4, 0.5) is 0 Å². The maximum Gasteiger partial charge on any atom is 0.264 e. The number of thiophene rings is 1. The molecule has 3 heteroatoms. The summed E-state index contributed by atoms with van der Waals surface area (Å²) in [4.78, 5) is 13.9. The molecular weight excluding hydrogens is 146 g/mol. The fourth-order valence-electron chi connectivity index (χ4n) is 1.15. The van der Waals surface area contributed by atoms with Crippen molar-refractivity contribution in [3.63, 3.8) is 0 Å². The second-order valence-corrected chi connectivity index (χ2v) is 3.35. The average Bonchev–Trinajstić information content (AvgIpc) is 2.41. The molecule has 0 bridgehead atoms. The van der Waals surface area contributed by atoms with Gasteiger partial charge in [-0.05, 0) is 17.0 Å². The molecule has 0 atom stereocenters. The third-order valence-electron chi connectivity index (χ3n) is 1.70. The minimum Gasteiger partial charge on any atom is -0.337 e. The van der Waals surface area contributed by atoms with Gasteiger partial charge in [-0.15, -0.1) is 11.3 Å². The van der Waals surface area contributed by atoms with Gasteiger partial charge in [0.15, 0.2) is 0 Å². The lowest BCUT2D eigenvalue weighted by Crippen LogP contribution is -2.17. The molecule has 0 fully saturated rings. The van der Waals surface area contributed by atoms with Crippen molar-refractivity contribution in [2.45, 2.75) is 6.54 Å². The molecule has 2 nitrogen and oxygen atoms in total. The highest BCUT2D eigenvalue weighted by atomic mass is 32.1. The molecule has 52 valence electrons. The number of amides is 1. The van der Waals surface area contributed by atoms with E-state index in [-0.39, 0.29) is 5.91 Å². The van der Waals surface area contributed by atoms with Crippen molar-refractivity contribution >= 4 is 17.2 Å². The van der Waals surface area contributed by atoms with Crippen LogP contribution in [0.5, 0.6) is 0 Å². The summed E-state index contributed by atoms with van der Waals surface area (Å²) >= 11 is 1.53. The van der Waals surface area contributed by atoms with Crippen LogP contribution in [0.3, 0.4) is 0 Å². The normalized spacial score (nSPS) is 16.1. The Hall–Kier alpha value is -0.830. The molecule has 2 heterocycles. The lowest BCUT2D eigenvalue weighted by atomic mass is 10.3. The van der Waals surface area contributed by atoms with Gasteiger partial charge in [-0.1, -0.05) is 0 Å². The van der Waals surface area contributed by atoms with Crippen molar-refractivity contribution in [2.24, 2.45) is 0 Å². The minimum atomic E-state index is 0.171. The first-order valence-electron chi connectivity index (χ1n) is 3.11. The van der Waals surface area contributed by atoms with Crippen molar-refractivity contribution in [1.82, 2.24) is 4.90 Å². The molecule has 1 aliphatic rings. The summed E-state index contributed by atoms with van der Waals surface area (Å²) in [6.07, 6.45) is 0. The number of rotatable bonds is 0. The number of nitrogens with zero attached hydrogens (tertiary/aromatic N) is 1. The summed E-state index contributed by atoms with van der Waals surface area (Å²) in [5, 5.41) is 1.97. The van der Waals surface area contributed by atoms with E-state index in [1.54, 1.807) is 4.90 Å². The maximum absolute atomic E-state index is 11.2. The van der Waals surface area contributed by atoms with Gasteiger partial charge in [0.1, 0.15) is 0 Å². The van der Waals surface area contributed by atoms with Crippen molar-refractivity contribution < 1.29 is 4.79 Å². The highest BCUT2D eigenvalue weighted by Crippen LogP contribution is 2.25. The van der Waals surface area contributed by atoms with E-state index in [9.17, 15) is 4.79 Å². The zero-order chi connectivity index (χ0) is 7.14. The van der Waals surface area contributed by atoms with Crippen LogP contribution in [0.2, 0.25) is 0 Å². The molecule has 2 rings (SSSR count). The van der Waals surface area contributed by atoms with E-state index in [1.807, 2.05) is 18.5 Å². The molecule has 0 aromatic carbocycles. The van der Waals surface area contributed by atoms with Crippen molar-refractivity contribution in [3.05, 3.63) is 21.9 Å². The number of carbonyl (C=O) groups excluding carboxylic acids is 1. The first-order valence-corrected chi connectivity index (χ1v) is 3.99. The summed E-state index contributed by atoms with van der Waals surface area (Å²) in [7, 11) is 1.83. The molecule has 10 heavy (non-hydrogen) atoms. The molecule has 1 aliphatic heterocycles. The number of carbonyl (C=O) groups is 1. The summed E-state index contributed by atoms with van der Waals surface area (Å²) in [6, 6.07) is 2.02. The van der Waals surface area contributed by atoms with E-state index in [1.165, 1.54) is 16.9 Å². The maximum atomic E-state index is 11.2. The van der Waals surface area contributed by atoms with Crippen LogP contribution in [-0.2, 0) is 6.54 Å². The number of fused-ring (bicyclic) bond motifs is 1. The number of hydrogen-bond acceptors (Lipinski definition) is 2. The molecule has 0 saturated heterocycles. The monoisotopic (exact) mass is 153 g/mol. The average molecular weight is 153 g/mol. The van der Waals surface area contributed by atoms with Gasteiger partial charge in [-0.3, -0.25) is 4.79 Å². The molecule has 0 radical (unpaired) electrons. The third-order valence-corrected chi connectivity index (χ3v) is 2.64. The van der Waals surface area contributed by atoms with Gasteiger partial charge in [-0.2, -0.15) is 0 Å². The predicted molar refractivity (Wildman–Crippen MR) is 40.1 cm³/mol. The molecule has 1 amide bonds. The van der Waals surface area contributed by atoms with Crippen LogP contribution in [0, 0.1) is 0 Å². The second-order valence-electron chi connectivity index (χ2n) is 2.44. The Morgan fingerprint density at radius 3 is 3.20 bits per heavy atom. The Morgan fingerprint density at radius 1 is 1.70 bits per heavy atom. The summed E-state index contributed by atoms with van der Waals surface area (Å²) in [6.45, 7) is 0.789. The van der Waals surface area contributed by atoms with E-state index >= 15 is 0 Å². The Bertz CT molecular complexity index is 279. The highest BCUT2D eigenvalue weighted by Gasteiger charge is 2.24. The van der Waals surface area contributed by atoms with Crippen LogP contribution >= 0.6 is 11.3 Å². The second kappa shape index (κ2) is 1.83. The first kappa shape index (κ1) is 5.92. The molecule has 0 unspecified atom stereocenters. The molecule has 0 aliphatic carbocycles. The number of hydrogen-bond donors (Lipinski definition) is 0. The SMILES string of the molecule is CN1Cc2ccsc2C1=O. The Labute approximate surface area is 63.1 Å². The van der Waals surface area contributed by atoms with Crippen molar-refractivity contribution in [1.29, 1.82) is 0 Å². The van der Waals surface area contributed by atoms with Gasteiger partial charge in [0.05, 0.1) is 4.88 Å². The van der Waals surface area contributed by atoms with Crippen LogP contribution in [0.1, 0.15) is 15.2 Å². The van der Waals surface area contributed by atoms with Gasteiger partial charge < -0.3 is 4.90 Å². The largest absolute Gasteiger partial charge is 0.337 e. The molecule has 1 aromatic heterocycles. The lowest BCUT2D eigenvalue weighted by Gasteiger charge is -2.04. The van der Waals surface area contributed by atoms with Crippen LogP contribution in [0.15, 0.2) is 11.4 Å². The molecule has 0 spiro atoms.